The third kappa shape index (κ3) is 3.91. The van der Waals surface area contributed by atoms with Gasteiger partial charge in [0.15, 0.2) is 0 Å². The molecule has 0 bridgehead atoms. The smallest absolute Gasteiger partial charge is 0.256 e. The number of carbonyl (C=O) groups excluding carboxylic acids is 2. The Kier molecular flexibility index (Phi) is 5.10. The molecule has 0 spiro atoms. The van der Waals surface area contributed by atoms with Gasteiger partial charge in [-0.1, -0.05) is 30.8 Å². The number of rotatable bonds is 4. The molecule has 2 aromatic rings. The second-order valence-corrected chi connectivity index (χ2v) is 5.34. The highest BCUT2D eigenvalue weighted by Gasteiger charge is 2.12. The van der Waals surface area contributed by atoms with Crippen LogP contribution in [0.1, 0.15) is 10.4 Å². The molecule has 0 radical (unpaired) electrons. The predicted molar refractivity (Wildman–Crippen MR) is 92.4 cm³/mol. The molecule has 0 heterocycles. The molecule has 21 heavy (non-hydrogen) atoms. The van der Waals surface area contributed by atoms with Crippen molar-refractivity contribution in [3.63, 3.8) is 0 Å². The number of halogens is 1. The zero-order valence-electron chi connectivity index (χ0n) is 11.1. The largest absolute Gasteiger partial charge is 0.321 e. The minimum Gasteiger partial charge on any atom is -0.321 e. The highest BCUT2D eigenvalue weighted by molar-refractivity contribution is 14.1. The van der Waals surface area contributed by atoms with Gasteiger partial charge in [0.1, 0.15) is 0 Å². The third-order valence-corrected chi connectivity index (χ3v) is 3.68. The van der Waals surface area contributed by atoms with E-state index < -0.39 is 0 Å². The molecule has 0 atom stereocenters. The minimum absolute atomic E-state index is 0.222. The molecule has 5 heteroatoms. The molecule has 106 valence electrons. The fourth-order valence-electron chi connectivity index (χ4n) is 1.72. The summed E-state index contributed by atoms with van der Waals surface area (Å²) in [7, 11) is 0. The van der Waals surface area contributed by atoms with Crippen LogP contribution in [-0.2, 0) is 4.79 Å². The van der Waals surface area contributed by atoms with E-state index in [9.17, 15) is 9.59 Å². The normalized spacial score (nSPS) is 9.76. The number of nitrogens with one attached hydrogen (secondary N) is 2. The molecule has 0 aromatic heterocycles. The lowest BCUT2D eigenvalue weighted by Crippen LogP contribution is -2.16. The van der Waals surface area contributed by atoms with Crippen LogP contribution < -0.4 is 10.6 Å². The number of hydrogen-bond acceptors (Lipinski definition) is 2. The molecule has 0 aliphatic rings. The van der Waals surface area contributed by atoms with E-state index in [-0.39, 0.29) is 11.8 Å². The first-order valence-electron chi connectivity index (χ1n) is 6.20. The molecule has 0 aliphatic carbocycles. The average molecular weight is 392 g/mol. The van der Waals surface area contributed by atoms with Gasteiger partial charge in [0.2, 0.25) is 5.91 Å². The molecule has 2 amide bonds. The summed E-state index contributed by atoms with van der Waals surface area (Å²) in [5.74, 6) is -0.550. The summed E-state index contributed by atoms with van der Waals surface area (Å²) in [4.78, 5) is 23.7. The van der Waals surface area contributed by atoms with Crippen molar-refractivity contribution in [3.05, 3.63) is 70.3 Å². The maximum Gasteiger partial charge on any atom is 0.256 e. The molecule has 2 rings (SSSR count). The van der Waals surface area contributed by atoms with Gasteiger partial charge in [-0.15, -0.1) is 0 Å². The summed E-state index contributed by atoms with van der Waals surface area (Å²) in [6.45, 7) is 3.41. The third-order valence-electron chi connectivity index (χ3n) is 2.74. The molecule has 4 nitrogen and oxygen atoms in total. The standard InChI is InChI=1S/C16H13IN2O2/c1-2-15(20)18-13-9-5-6-10-14(13)19-16(21)11-7-3-4-8-12(11)17/h2-10H,1H2,(H,18,20)(H,19,21). The molecule has 2 aromatic carbocycles. The van der Waals surface area contributed by atoms with Gasteiger partial charge in [0, 0.05) is 3.57 Å². The first-order chi connectivity index (χ1) is 10.1. The van der Waals surface area contributed by atoms with Crippen LogP contribution in [0.2, 0.25) is 0 Å². The Balaban J connectivity index is 2.24. The fraction of sp³-hybridized carbons (Fsp3) is 0. The zero-order valence-corrected chi connectivity index (χ0v) is 13.3. The molecular weight excluding hydrogens is 379 g/mol. The van der Waals surface area contributed by atoms with E-state index in [1.54, 1.807) is 30.3 Å². The van der Waals surface area contributed by atoms with Gasteiger partial charge in [-0.05, 0) is 52.9 Å². The fourth-order valence-corrected chi connectivity index (χ4v) is 2.35. The molecule has 0 fully saturated rings. The Hall–Kier alpha value is -2.15. The first-order valence-corrected chi connectivity index (χ1v) is 7.28. The van der Waals surface area contributed by atoms with E-state index in [0.29, 0.717) is 16.9 Å². The van der Waals surface area contributed by atoms with E-state index in [1.807, 2.05) is 18.2 Å². The van der Waals surface area contributed by atoms with Gasteiger partial charge in [0.05, 0.1) is 16.9 Å². The Morgan fingerprint density at radius 2 is 1.52 bits per heavy atom. The highest BCUT2D eigenvalue weighted by atomic mass is 127. The number of carbonyl (C=O) groups is 2. The molecule has 0 aliphatic heterocycles. The van der Waals surface area contributed by atoms with Crippen LogP contribution in [0.15, 0.2) is 61.2 Å². The Morgan fingerprint density at radius 1 is 0.952 bits per heavy atom. The molecule has 0 saturated heterocycles. The second-order valence-electron chi connectivity index (χ2n) is 4.17. The number of para-hydroxylation sites is 2. The van der Waals surface area contributed by atoms with Crippen molar-refractivity contribution in [2.75, 3.05) is 10.6 Å². The van der Waals surface area contributed by atoms with Crippen LogP contribution in [0.25, 0.3) is 0 Å². The van der Waals surface area contributed by atoms with Crippen LogP contribution in [-0.4, -0.2) is 11.8 Å². The van der Waals surface area contributed by atoms with Crippen molar-refractivity contribution in [1.29, 1.82) is 0 Å². The topological polar surface area (TPSA) is 58.2 Å². The van der Waals surface area contributed by atoms with Crippen LogP contribution in [0.4, 0.5) is 11.4 Å². The maximum absolute atomic E-state index is 12.3. The van der Waals surface area contributed by atoms with Gasteiger partial charge < -0.3 is 10.6 Å². The summed E-state index contributed by atoms with van der Waals surface area (Å²) in [5, 5.41) is 5.46. The van der Waals surface area contributed by atoms with E-state index in [1.165, 1.54) is 6.08 Å². The summed E-state index contributed by atoms with van der Waals surface area (Å²) in [6.07, 6.45) is 1.18. The Morgan fingerprint density at radius 3 is 2.14 bits per heavy atom. The number of hydrogen-bond donors (Lipinski definition) is 2. The Bertz CT molecular complexity index is 698. The number of amides is 2. The summed E-state index contributed by atoms with van der Waals surface area (Å²) in [6, 6.07) is 14.3. The van der Waals surface area contributed by atoms with E-state index >= 15 is 0 Å². The van der Waals surface area contributed by atoms with Gasteiger partial charge in [-0.2, -0.15) is 0 Å². The van der Waals surface area contributed by atoms with Crippen molar-refractivity contribution < 1.29 is 9.59 Å². The first kappa shape index (κ1) is 15.2. The zero-order chi connectivity index (χ0) is 15.2. The molecule has 0 saturated carbocycles. The number of benzene rings is 2. The quantitative estimate of drug-likeness (QED) is 0.616. The molecule has 2 N–H and O–H groups in total. The van der Waals surface area contributed by atoms with Crippen molar-refractivity contribution in [2.45, 2.75) is 0 Å². The maximum atomic E-state index is 12.3. The summed E-state index contributed by atoms with van der Waals surface area (Å²) >= 11 is 2.11. The van der Waals surface area contributed by atoms with Crippen molar-refractivity contribution in [3.8, 4) is 0 Å². The van der Waals surface area contributed by atoms with Crippen LogP contribution >= 0.6 is 22.6 Å². The van der Waals surface area contributed by atoms with Crippen LogP contribution in [0, 0.1) is 3.57 Å². The van der Waals surface area contributed by atoms with Crippen molar-refractivity contribution in [1.82, 2.24) is 0 Å². The summed E-state index contributed by atoms with van der Waals surface area (Å²) < 4.78 is 0.861. The van der Waals surface area contributed by atoms with Crippen molar-refractivity contribution in [2.24, 2.45) is 0 Å². The SMILES string of the molecule is C=CC(=O)Nc1ccccc1NC(=O)c1ccccc1I. The van der Waals surface area contributed by atoms with Crippen molar-refractivity contribution >= 4 is 45.8 Å². The predicted octanol–water partition coefficient (Wildman–Crippen LogP) is 3.67. The van der Waals surface area contributed by atoms with Gasteiger partial charge >= 0.3 is 0 Å². The second kappa shape index (κ2) is 7.03. The Labute approximate surface area is 136 Å². The van der Waals surface area contributed by atoms with Crippen LogP contribution in [0.3, 0.4) is 0 Å². The average Bonchev–Trinajstić information content (AvgIpc) is 2.49. The van der Waals surface area contributed by atoms with E-state index in [0.717, 1.165) is 3.57 Å². The monoisotopic (exact) mass is 392 g/mol. The van der Waals surface area contributed by atoms with Gasteiger partial charge in [-0.3, -0.25) is 9.59 Å². The van der Waals surface area contributed by atoms with Crippen LogP contribution in [0.5, 0.6) is 0 Å². The van der Waals surface area contributed by atoms with Gasteiger partial charge in [0.25, 0.3) is 5.91 Å². The van der Waals surface area contributed by atoms with E-state index in [4.69, 9.17) is 0 Å². The number of anilines is 2. The van der Waals surface area contributed by atoms with Gasteiger partial charge in [-0.25, -0.2) is 0 Å². The highest BCUT2D eigenvalue weighted by Crippen LogP contribution is 2.22. The van der Waals surface area contributed by atoms with E-state index in [2.05, 4.69) is 39.8 Å². The lowest BCUT2D eigenvalue weighted by Gasteiger charge is -2.12. The summed E-state index contributed by atoms with van der Waals surface area (Å²) in [5.41, 5.74) is 1.65. The molecule has 0 unspecified atom stereocenters. The lowest BCUT2D eigenvalue weighted by atomic mass is 10.2. The lowest BCUT2D eigenvalue weighted by molar-refractivity contribution is -0.111. The molecular formula is C16H13IN2O2. The minimum atomic E-state index is -0.328.